The van der Waals surface area contributed by atoms with E-state index < -0.39 is 29.8 Å². The van der Waals surface area contributed by atoms with Crippen LogP contribution < -0.4 is 4.74 Å². The molecule has 4 rings (SSSR count). The molecule has 2 heterocycles. The summed E-state index contributed by atoms with van der Waals surface area (Å²) < 4.78 is 30.1. The van der Waals surface area contributed by atoms with Crippen LogP contribution in [0.1, 0.15) is 17.0 Å². The fourth-order valence-corrected chi connectivity index (χ4v) is 3.42. The first-order valence-electron chi connectivity index (χ1n) is 8.85. The zero-order chi connectivity index (χ0) is 19.7. The van der Waals surface area contributed by atoms with Crippen molar-refractivity contribution in [1.82, 2.24) is 4.90 Å². The fourth-order valence-electron chi connectivity index (χ4n) is 3.42. The first kappa shape index (κ1) is 18.0. The van der Waals surface area contributed by atoms with Crippen LogP contribution in [-0.2, 0) is 9.53 Å². The smallest absolute Gasteiger partial charge is 0.328 e. The van der Waals surface area contributed by atoms with Crippen LogP contribution in [0, 0.1) is 5.82 Å². The van der Waals surface area contributed by atoms with Crippen molar-refractivity contribution in [1.29, 1.82) is 0 Å². The van der Waals surface area contributed by atoms with Crippen LogP contribution in [0.5, 0.6) is 5.75 Å². The molecule has 2 atom stereocenters. The van der Waals surface area contributed by atoms with Crippen LogP contribution in [0.15, 0.2) is 59.0 Å². The van der Waals surface area contributed by atoms with E-state index in [1.807, 2.05) is 18.2 Å². The second kappa shape index (κ2) is 7.34. The number of carbonyl (C=O) groups is 2. The molecule has 1 aliphatic heterocycles. The maximum absolute atomic E-state index is 13.9. The molecule has 1 aliphatic rings. The molecule has 1 amide bonds. The Kier molecular flexibility index (Phi) is 4.73. The minimum Gasteiger partial charge on any atom is -0.485 e. The highest BCUT2D eigenvalue weighted by Crippen LogP contribution is 2.28. The van der Waals surface area contributed by atoms with Gasteiger partial charge < -0.3 is 18.8 Å². The zero-order valence-electron chi connectivity index (χ0n) is 15.1. The molecule has 1 fully saturated rings. The number of nitrogens with zero attached hydrogens (tertiary/aromatic N) is 1. The molecular formula is C21H18FNO5. The Morgan fingerprint density at radius 1 is 1.14 bits per heavy atom. The highest BCUT2D eigenvalue weighted by molar-refractivity contribution is 5.98. The summed E-state index contributed by atoms with van der Waals surface area (Å²) >= 11 is 0. The average Bonchev–Trinajstić information content (AvgIpc) is 3.33. The third-order valence-corrected chi connectivity index (χ3v) is 4.76. The topological polar surface area (TPSA) is 69.0 Å². The predicted molar refractivity (Wildman–Crippen MR) is 98.5 cm³/mol. The number of hydrogen-bond donors (Lipinski definition) is 0. The number of hydrogen-bond acceptors (Lipinski definition) is 5. The van der Waals surface area contributed by atoms with E-state index in [4.69, 9.17) is 13.9 Å². The standard InChI is InChI=1S/C21H18FNO5/c1-26-21(25)16-11-14(27-18-9-5-3-7-15(18)22)12-23(16)20(24)19-10-13-6-2-4-8-17(13)28-19/h2-10,14,16H,11-12H2,1H3/t14-,16+/m0/s1. The van der Waals surface area contributed by atoms with Crippen LogP contribution in [0.3, 0.4) is 0 Å². The van der Waals surface area contributed by atoms with Gasteiger partial charge in [-0.05, 0) is 24.3 Å². The van der Waals surface area contributed by atoms with E-state index in [1.165, 1.54) is 24.1 Å². The molecular weight excluding hydrogens is 365 g/mol. The number of para-hydroxylation sites is 2. The first-order chi connectivity index (χ1) is 13.6. The Balaban J connectivity index is 1.59. The second-order valence-corrected chi connectivity index (χ2v) is 6.55. The minimum absolute atomic E-state index is 0.0779. The molecule has 0 spiro atoms. The van der Waals surface area contributed by atoms with Gasteiger partial charge in [0.25, 0.3) is 5.91 Å². The monoisotopic (exact) mass is 383 g/mol. The Labute approximate surface area is 160 Å². The molecule has 3 aromatic rings. The number of amides is 1. The summed E-state index contributed by atoms with van der Waals surface area (Å²) in [5, 5.41) is 0.791. The Morgan fingerprint density at radius 3 is 2.64 bits per heavy atom. The predicted octanol–water partition coefficient (Wildman–Crippen LogP) is 3.41. The molecule has 1 aromatic heterocycles. The molecule has 0 saturated carbocycles. The molecule has 0 radical (unpaired) electrons. The number of rotatable bonds is 4. The maximum Gasteiger partial charge on any atom is 0.328 e. The lowest BCUT2D eigenvalue weighted by atomic mass is 10.2. The number of fused-ring (bicyclic) bond motifs is 1. The first-order valence-corrected chi connectivity index (χ1v) is 8.85. The third-order valence-electron chi connectivity index (χ3n) is 4.76. The molecule has 0 aliphatic carbocycles. The molecule has 0 bridgehead atoms. The van der Waals surface area contributed by atoms with Gasteiger partial charge in [0.15, 0.2) is 17.3 Å². The van der Waals surface area contributed by atoms with Crippen LogP contribution in [-0.4, -0.2) is 42.6 Å². The van der Waals surface area contributed by atoms with Crippen molar-refractivity contribution in [2.75, 3.05) is 13.7 Å². The molecule has 1 saturated heterocycles. The summed E-state index contributed by atoms with van der Waals surface area (Å²) in [5.41, 5.74) is 0.582. The molecule has 6 nitrogen and oxygen atoms in total. The summed E-state index contributed by atoms with van der Waals surface area (Å²) in [6.45, 7) is 0.115. The van der Waals surface area contributed by atoms with E-state index in [0.717, 1.165) is 5.39 Å². The quantitative estimate of drug-likeness (QED) is 0.646. The van der Waals surface area contributed by atoms with Crippen molar-refractivity contribution in [3.8, 4) is 5.75 Å². The lowest BCUT2D eigenvalue weighted by Crippen LogP contribution is -2.41. The number of furan rings is 1. The van der Waals surface area contributed by atoms with Crippen molar-refractivity contribution >= 4 is 22.8 Å². The van der Waals surface area contributed by atoms with Crippen LogP contribution in [0.4, 0.5) is 4.39 Å². The van der Waals surface area contributed by atoms with Crippen molar-refractivity contribution in [3.05, 3.63) is 66.2 Å². The van der Waals surface area contributed by atoms with Gasteiger partial charge in [0, 0.05) is 11.8 Å². The van der Waals surface area contributed by atoms with Gasteiger partial charge in [-0.3, -0.25) is 4.79 Å². The number of halogens is 1. The van der Waals surface area contributed by atoms with Crippen molar-refractivity contribution in [3.63, 3.8) is 0 Å². The largest absolute Gasteiger partial charge is 0.485 e. The van der Waals surface area contributed by atoms with E-state index in [9.17, 15) is 14.0 Å². The number of likely N-dealkylation sites (tertiary alicyclic amines) is 1. The summed E-state index contributed by atoms with van der Waals surface area (Å²) in [5.74, 6) is -1.29. The molecule has 2 aromatic carbocycles. The lowest BCUT2D eigenvalue weighted by molar-refractivity contribution is -0.145. The molecule has 7 heteroatoms. The number of carbonyl (C=O) groups excluding carboxylic acids is 2. The van der Waals surface area contributed by atoms with Gasteiger partial charge >= 0.3 is 5.97 Å². The van der Waals surface area contributed by atoms with Crippen molar-refractivity contribution in [2.24, 2.45) is 0 Å². The summed E-state index contributed by atoms with van der Waals surface area (Å²) in [7, 11) is 1.26. The number of methoxy groups -OCH3 is 1. The number of benzene rings is 2. The van der Waals surface area contributed by atoms with Gasteiger partial charge in [-0.15, -0.1) is 0 Å². The Morgan fingerprint density at radius 2 is 1.89 bits per heavy atom. The van der Waals surface area contributed by atoms with Gasteiger partial charge in [0.2, 0.25) is 0 Å². The molecule has 144 valence electrons. The molecule has 0 N–H and O–H groups in total. The van der Waals surface area contributed by atoms with Gasteiger partial charge in [-0.25, -0.2) is 9.18 Å². The molecule has 28 heavy (non-hydrogen) atoms. The van der Waals surface area contributed by atoms with E-state index in [-0.39, 0.29) is 24.5 Å². The molecule has 0 unspecified atom stereocenters. The van der Waals surface area contributed by atoms with Crippen molar-refractivity contribution in [2.45, 2.75) is 18.6 Å². The maximum atomic E-state index is 13.9. The van der Waals surface area contributed by atoms with Crippen LogP contribution in [0.2, 0.25) is 0 Å². The second-order valence-electron chi connectivity index (χ2n) is 6.55. The normalized spacial score (nSPS) is 19.0. The van der Waals surface area contributed by atoms with E-state index in [2.05, 4.69) is 0 Å². The highest BCUT2D eigenvalue weighted by atomic mass is 19.1. The van der Waals surface area contributed by atoms with Crippen LogP contribution >= 0.6 is 0 Å². The summed E-state index contributed by atoms with van der Waals surface area (Å²) in [4.78, 5) is 26.6. The lowest BCUT2D eigenvalue weighted by Gasteiger charge is -2.21. The van der Waals surface area contributed by atoms with Gasteiger partial charge in [0.05, 0.1) is 13.7 Å². The summed E-state index contributed by atoms with van der Waals surface area (Å²) in [6.07, 6.45) is -0.346. The van der Waals surface area contributed by atoms with Gasteiger partial charge in [0.1, 0.15) is 17.7 Å². The summed E-state index contributed by atoms with van der Waals surface area (Å²) in [6, 6.07) is 14.1. The number of ether oxygens (including phenoxy) is 2. The van der Waals surface area contributed by atoms with Gasteiger partial charge in [-0.1, -0.05) is 30.3 Å². The van der Waals surface area contributed by atoms with Gasteiger partial charge in [-0.2, -0.15) is 0 Å². The van der Waals surface area contributed by atoms with Crippen molar-refractivity contribution < 1.29 is 27.9 Å². The Bertz CT molecular complexity index is 997. The third kappa shape index (κ3) is 3.31. The zero-order valence-corrected chi connectivity index (χ0v) is 15.1. The highest BCUT2D eigenvalue weighted by Gasteiger charge is 2.42. The SMILES string of the molecule is COC(=O)[C@H]1C[C@H](Oc2ccccc2F)CN1C(=O)c1cc2ccccc2o1. The minimum atomic E-state index is -0.831. The van der Waals surface area contributed by atoms with Crippen LogP contribution in [0.25, 0.3) is 11.0 Å². The van der Waals surface area contributed by atoms with E-state index >= 15 is 0 Å². The average molecular weight is 383 g/mol. The fraction of sp³-hybridized carbons (Fsp3) is 0.238. The number of esters is 1. The van der Waals surface area contributed by atoms with E-state index in [0.29, 0.717) is 5.58 Å². The Hall–Kier alpha value is -3.35. The van der Waals surface area contributed by atoms with E-state index in [1.54, 1.807) is 24.3 Å².